The Morgan fingerprint density at radius 1 is 1.33 bits per heavy atom. The first-order valence-electron chi connectivity index (χ1n) is 5.25. The number of carboxylic acids is 1. The molecule has 94 valence electrons. The minimum atomic E-state index is -0.991. The minimum absolute atomic E-state index is 0.202. The molecule has 0 aliphatic carbocycles. The molecule has 0 aliphatic rings. The lowest BCUT2D eigenvalue weighted by Gasteiger charge is -2.07. The van der Waals surface area contributed by atoms with E-state index in [-0.39, 0.29) is 5.56 Å². The lowest BCUT2D eigenvalue weighted by molar-refractivity contribution is 0.0691. The van der Waals surface area contributed by atoms with Gasteiger partial charge in [0.25, 0.3) is 0 Å². The van der Waals surface area contributed by atoms with Crippen LogP contribution >= 0.6 is 11.8 Å². The number of hydrogen-bond donors (Lipinski definition) is 2. The predicted molar refractivity (Wildman–Crippen MR) is 65.9 cm³/mol. The summed E-state index contributed by atoms with van der Waals surface area (Å²) in [6.07, 6.45) is 0. The summed E-state index contributed by atoms with van der Waals surface area (Å²) >= 11 is 1.15. The third kappa shape index (κ3) is 2.51. The Balaban J connectivity index is 2.45. The molecule has 0 amide bonds. The highest BCUT2D eigenvalue weighted by Gasteiger charge is 2.18. The summed E-state index contributed by atoms with van der Waals surface area (Å²) in [6, 6.07) is 1.75. The number of rotatable bonds is 3. The first kappa shape index (κ1) is 12.6. The van der Waals surface area contributed by atoms with Gasteiger partial charge < -0.3 is 5.11 Å². The van der Waals surface area contributed by atoms with Crippen molar-refractivity contribution in [2.75, 3.05) is 0 Å². The number of carbonyl (C=O) groups is 1. The molecular weight excluding hydrogens is 252 g/mol. The van der Waals surface area contributed by atoms with Gasteiger partial charge in [0, 0.05) is 5.69 Å². The molecular formula is C11H12N4O2S. The fourth-order valence-corrected chi connectivity index (χ4v) is 2.58. The Bertz CT molecular complexity index is 609. The molecule has 0 atom stereocenters. The normalized spacial score (nSPS) is 10.6. The maximum Gasteiger partial charge on any atom is 0.338 e. The zero-order valence-corrected chi connectivity index (χ0v) is 11.0. The molecule has 2 aromatic rings. The molecule has 0 aromatic carbocycles. The van der Waals surface area contributed by atoms with Gasteiger partial charge in [0.15, 0.2) is 0 Å². The van der Waals surface area contributed by atoms with Crippen LogP contribution in [0, 0.1) is 20.8 Å². The van der Waals surface area contributed by atoms with Crippen molar-refractivity contribution in [2.45, 2.75) is 31.0 Å². The van der Waals surface area contributed by atoms with Gasteiger partial charge in [-0.1, -0.05) is 0 Å². The van der Waals surface area contributed by atoms with Crippen molar-refractivity contribution >= 4 is 17.7 Å². The molecule has 0 aliphatic heterocycles. The minimum Gasteiger partial charge on any atom is -0.478 e. The molecule has 0 saturated carbocycles. The van der Waals surface area contributed by atoms with E-state index in [1.807, 2.05) is 6.92 Å². The maximum atomic E-state index is 11.2. The van der Waals surface area contributed by atoms with E-state index < -0.39 is 5.97 Å². The zero-order chi connectivity index (χ0) is 13.3. The highest BCUT2D eigenvalue weighted by atomic mass is 32.2. The molecule has 6 nitrogen and oxygen atoms in total. The standard InChI is InChI=1S/C11H12N4O2S/c1-5-4-6(2)12-9(8(5)10(16)17)18-11-13-7(3)14-15-11/h4H,1-3H3,(H,16,17)(H,13,14,15). The van der Waals surface area contributed by atoms with E-state index in [2.05, 4.69) is 20.2 Å². The van der Waals surface area contributed by atoms with Crippen LogP contribution in [0.15, 0.2) is 16.2 Å². The number of H-pyrrole nitrogens is 1. The molecule has 0 spiro atoms. The van der Waals surface area contributed by atoms with Crippen molar-refractivity contribution in [3.05, 3.63) is 28.7 Å². The molecule has 2 N–H and O–H groups in total. The van der Waals surface area contributed by atoms with Gasteiger partial charge in [0.05, 0.1) is 5.56 Å². The van der Waals surface area contributed by atoms with Gasteiger partial charge in [-0.15, -0.1) is 5.10 Å². The van der Waals surface area contributed by atoms with Crippen molar-refractivity contribution in [2.24, 2.45) is 0 Å². The average molecular weight is 264 g/mol. The van der Waals surface area contributed by atoms with Crippen LogP contribution in [0.1, 0.15) is 27.4 Å². The number of aryl methyl sites for hydroxylation is 3. The molecule has 0 unspecified atom stereocenters. The Morgan fingerprint density at radius 2 is 2.06 bits per heavy atom. The summed E-state index contributed by atoms with van der Waals surface area (Å²) in [4.78, 5) is 19.6. The van der Waals surface area contributed by atoms with Crippen molar-refractivity contribution in [3.63, 3.8) is 0 Å². The molecule has 0 radical (unpaired) electrons. The lowest BCUT2D eigenvalue weighted by Crippen LogP contribution is -2.05. The van der Waals surface area contributed by atoms with Gasteiger partial charge in [0.1, 0.15) is 10.9 Å². The topological polar surface area (TPSA) is 91.8 Å². The first-order valence-corrected chi connectivity index (χ1v) is 6.07. The number of nitrogens with one attached hydrogen (secondary N) is 1. The van der Waals surface area contributed by atoms with Gasteiger partial charge in [0.2, 0.25) is 5.16 Å². The van der Waals surface area contributed by atoms with Crippen LogP contribution in [0.4, 0.5) is 0 Å². The highest BCUT2D eigenvalue weighted by Crippen LogP contribution is 2.28. The van der Waals surface area contributed by atoms with E-state index in [4.69, 9.17) is 0 Å². The fraction of sp³-hybridized carbons (Fsp3) is 0.273. The van der Waals surface area contributed by atoms with E-state index >= 15 is 0 Å². The van der Waals surface area contributed by atoms with E-state index in [1.54, 1.807) is 19.9 Å². The molecule has 2 rings (SSSR count). The summed E-state index contributed by atoms with van der Waals surface area (Å²) < 4.78 is 0. The highest BCUT2D eigenvalue weighted by molar-refractivity contribution is 7.99. The van der Waals surface area contributed by atoms with Crippen LogP contribution in [-0.4, -0.2) is 31.2 Å². The molecule has 0 saturated heterocycles. The summed E-state index contributed by atoms with van der Waals surface area (Å²) in [6.45, 7) is 5.36. The van der Waals surface area contributed by atoms with Crippen LogP contribution < -0.4 is 0 Å². The van der Waals surface area contributed by atoms with Gasteiger partial charge in [-0.25, -0.2) is 14.8 Å². The lowest BCUT2D eigenvalue weighted by atomic mass is 10.1. The quantitative estimate of drug-likeness (QED) is 0.880. The Labute approximate surface area is 108 Å². The Morgan fingerprint density at radius 3 is 2.61 bits per heavy atom. The van der Waals surface area contributed by atoms with Gasteiger partial charge >= 0.3 is 5.97 Å². The van der Waals surface area contributed by atoms with E-state index in [9.17, 15) is 9.90 Å². The number of carboxylic acid groups (broad SMARTS) is 1. The Hall–Kier alpha value is -1.89. The third-order valence-electron chi connectivity index (χ3n) is 2.29. The summed E-state index contributed by atoms with van der Waals surface area (Å²) in [5.74, 6) is -0.312. The van der Waals surface area contributed by atoms with Crippen LogP contribution in [-0.2, 0) is 0 Å². The number of hydrogen-bond acceptors (Lipinski definition) is 5. The molecule has 0 fully saturated rings. The number of nitrogens with zero attached hydrogens (tertiary/aromatic N) is 3. The SMILES string of the molecule is Cc1cc(C)c(C(=O)O)c(Sc2n[nH]c(C)n2)n1. The van der Waals surface area contributed by atoms with Crippen LogP contribution in [0.3, 0.4) is 0 Å². The van der Waals surface area contributed by atoms with Gasteiger partial charge in [-0.3, -0.25) is 5.10 Å². The third-order valence-corrected chi connectivity index (χ3v) is 3.14. The number of pyridine rings is 1. The van der Waals surface area contributed by atoms with Crippen molar-refractivity contribution in [3.8, 4) is 0 Å². The van der Waals surface area contributed by atoms with Crippen molar-refractivity contribution in [1.29, 1.82) is 0 Å². The monoisotopic (exact) mass is 264 g/mol. The van der Waals surface area contributed by atoms with Crippen LogP contribution in [0.25, 0.3) is 0 Å². The second kappa shape index (κ2) is 4.77. The van der Waals surface area contributed by atoms with Crippen molar-refractivity contribution in [1.82, 2.24) is 20.2 Å². The fourth-order valence-electron chi connectivity index (χ4n) is 1.59. The maximum absolute atomic E-state index is 11.2. The second-order valence-electron chi connectivity index (χ2n) is 3.87. The molecule has 2 heterocycles. The van der Waals surface area contributed by atoms with E-state index in [0.29, 0.717) is 21.6 Å². The number of aromatic carboxylic acids is 1. The van der Waals surface area contributed by atoms with Gasteiger partial charge in [-0.2, -0.15) is 0 Å². The number of aromatic nitrogens is 4. The Kier molecular flexibility index (Phi) is 3.33. The number of aromatic amines is 1. The van der Waals surface area contributed by atoms with Gasteiger partial charge in [-0.05, 0) is 44.2 Å². The molecule has 2 aromatic heterocycles. The van der Waals surface area contributed by atoms with E-state index in [1.165, 1.54) is 0 Å². The molecule has 7 heteroatoms. The van der Waals surface area contributed by atoms with Crippen LogP contribution in [0.2, 0.25) is 0 Å². The zero-order valence-electron chi connectivity index (χ0n) is 10.2. The summed E-state index contributed by atoms with van der Waals surface area (Å²) in [5.41, 5.74) is 1.66. The van der Waals surface area contributed by atoms with Crippen LogP contribution in [0.5, 0.6) is 0 Å². The summed E-state index contributed by atoms with van der Waals surface area (Å²) in [7, 11) is 0. The molecule has 0 bridgehead atoms. The predicted octanol–water partition coefficient (Wildman–Crippen LogP) is 1.97. The largest absolute Gasteiger partial charge is 0.478 e. The first-order chi connectivity index (χ1) is 8.47. The van der Waals surface area contributed by atoms with E-state index in [0.717, 1.165) is 17.5 Å². The smallest absolute Gasteiger partial charge is 0.338 e. The molecule has 18 heavy (non-hydrogen) atoms. The van der Waals surface area contributed by atoms with Crippen molar-refractivity contribution < 1.29 is 9.90 Å². The second-order valence-corrected chi connectivity index (χ2v) is 4.83. The summed E-state index contributed by atoms with van der Waals surface area (Å²) in [5, 5.41) is 16.8. The average Bonchev–Trinajstić information content (AvgIpc) is 2.62.